The highest BCUT2D eigenvalue weighted by atomic mass is 15.2. The molecule has 3 rings (SSSR count). The molecule has 0 bridgehead atoms. The van der Waals surface area contributed by atoms with Crippen molar-refractivity contribution in [3.63, 3.8) is 0 Å². The van der Waals surface area contributed by atoms with Gasteiger partial charge in [-0.25, -0.2) is 0 Å². The van der Waals surface area contributed by atoms with Gasteiger partial charge in [-0.2, -0.15) is 5.26 Å². The van der Waals surface area contributed by atoms with Gasteiger partial charge in [0.1, 0.15) is 6.07 Å². The number of para-hydroxylation sites is 1. The third-order valence-electron chi connectivity index (χ3n) is 4.53. The quantitative estimate of drug-likeness (QED) is 0.788. The van der Waals surface area contributed by atoms with Crippen LogP contribution in [-0.4, -0.2) is 17.6 Å². The monoisotopic (exact) mass is 265 g/mol. The summed E-state index contributed by atoms with van der Waals surface area (Å²) in [6.45, 7) is 5.58. The molecule has 1 fully saturated rings. The fraction of sp³-hybridized carbons (Fsp3) is 0.412. The van der Waals surface area contributed by atoms with E-state index in [-0.39, 0.29) is 0 Å². The molecule has 2 unspecified atom stereocenters. The predicted octanol–water partition coefficient (Wildman–Crippen LogP) is 3.73. The van der Waals surface area contributed by atoms with Gasteiger partial charge in [0.05, 0.1) is 16.8 Å². The van der Waals surface area contributed by atoms with Gasteiger partial charge in [0.15, 0.2) is 0 Å². The molecule has 1 aliphatic rings. The van der Waals surface area contributed by atoms with E-state index in [1.54, 1.807) is 6.20 Å². The van der Waals surface area contributed by atoms with Crippen LogP contribution in [0.25, 0.3) is 10.9 Å². The lowest BCUT2D eigenvalue weighted by atomic mass is 9.90. The SMILES string of the molecule is CC1CCCN(c2c(C#N)cnc3ccccc23)C1C. The van der Waals surface area contributed by atoms with E-state index in [9.17, 15) is 5.26 Å². The van der Waals surface area contributed by atoms with Gasteiger partial charge in [-0.05, 0) is 31.7 Å². The number of benzene rings is 1. The van der Waals surface area contributed by atoms with Crippen molar-refractivity contribution in [2.45, 2.75) is 32.7 Å². The van der Waals surface area contributed by atoms with Crippen LogP contribution in [0.1, 0.15) is 32.3 Å². The Hall–Kier alpha value is -2.08. The molecule has 0 N–H and O–H groups in total. The summed E-state index contributed by atoms with van der Waals surface area (Å²) in [6, 6.07) is 10.9. The molecule has 2 atom stereocenters. The van der Waals surface area contributed by atoms with Crippen molar-refractivity contribution in [3.05, 3.63) is 36.0 Å². The molecule has 1 aliphatic heterocycles. The lowest BCUT2D eigenvalue weighted by Gasteiger charge is -2.40. The first-order chi connectivity index (χ1) is 9.72. The van der Waals surface area contributed by atoms with Gasteiger partial charge in [-0.3, -0.25) is 4.98 Å². The summed E-state index contributed by atoms with van der Waals surface area (Å²) >= 11 is 0. The third kappa shape index (κ3) is 2.02. The van der Waals surface area contributed by atoms with E-state index in [0.717, 1.165) is 23.1 Å². The van der Waals surface area contributed by atoms with E-state index in [1.807, 2.05) is 18.2 Å². The second kappa shape index (κ2) is 5.13. The van der Waals surface area contributed by atoms with Crippen molar-refractivity contribution in [2.75, 3.05) is 11.4 Å². The van der Waals surface area contributed by atoms with Crippen LogP contribution >= 0.6 is 0 Å². The molecule has 3 heteroatoms. The lowest BCUT2D eigenvalue weighted by Crippen LogP contribution is -2.43. The molecule has 2 aromatic rings. The minimum atomic E-state index is 0.460. The van der Waals surface area contributed by atoms with E-state index in [1.165, 1.54) is 12.8 Å². The van der Waals surface area contributed by atoms with Crippen molar-refractivity contribution < 1.29 is 0 Å². The molecule has 0 amide bonds. The first-order valence-corrected chi connectivity index (χ1v) is 7.27. The maximum Gasteiger partial charge on any atom is 0.103 e. The van der Waals surface area contributed by atoms with Crippen LogP contribution in [0, 0.1) is 17.2 Å². The van der Waals surface area contributed by atoms with Crippen LogP contribution in [0.3, 0.4) is 0 Å². The Morgan fingerprint density at radius 3 is 2.90 bits per heavy atom. The number of hydrogen-bond acceptors (Lipinski definition) is 3. The van der Waals surface area contributed by atoms with E-state index in [4.69, 9.17) is 0 Å². The molecule has 0 aliphatic carbocycles. The molecular formula is C17H19N3. The summed E-state index contributed by atoms with van der Waals surface area (Å²) in [5.74, 6) is 0.655. The summed E-state index contributed by atoms with van der Waals surface area (Å²) in [7, 11) is 0. The Bertz CT molecular complexity index is 671. The third-order valence-corrected chi connectivity index (χ3v) is 4.53. The number of aromatic nitrogens is 1. The number of fused-ring (bicyclic) bond motifs is 1. The minimum absolute atomic E-state index is 0.460. The van der Waals surface area contributed by atoms with Crippen LogP contribution in [-0.2, 0) is 0 Å². The van der Waals surface area contributed by atoms with Gasteiger partial charge in [0, 0.05) is 24.2 Å². The fourth-order valence-electron chi connectivity index (χ4n) is 3.17. The minimum Gasteiger partial charge on any atom is -0.367 e. The highest BCUT2D eigenvalue weighted by Crippen LogP contribution is 2.35. The predicted molar refractivity (Wildman–Crippen MR) is 81.7 cm³/mol. The average Bonchev–Trinajstić information content (AvgIpc) is 2.49. The number of hydrogen-bond donors (Lipinski definition) is 0. The second-order valence-corrected chi connectivity index (χ2v) is 5.70. The fourth-order valence-corrected chi connectivity index (χ4v) is 3.17. The number of nitriles is 1. The average molecular weight is 265 g/mol. The standard InChI is InChI=1S/C17H19N3/c1-12-6-5-9-20(13(12)2)17-14(10-18)11-19-16-8-4-3-7-15(16)17/h3-4,7-8,11-13H,5-6,9H2,1-2H3. The normalized spacial score (nSPS) is 22.8. The van der Waals surface area contributed by atoms with Crippen LogP contribution in [0.4, 0.5) is 5.69 Å². The van der Waals surface area contributed by atoms with Crippen LogP contribution < -0.4 is 4.90 Å². The Labute approximate surface area is 119 Å². The van der Waals surface area contributed by atoms with E-state index < -0.39 is 0 Å². The number of anilines is 1. The summed E-state index contributed by atoms with van der Waals surface area (Å²) in [6.07, 6.45) is 4.17. The topological polar surface area (TPSA) is 39.9 Å². The number of piperidine rings is 1. The Balaban J connectivity index is 2.21. The summed E-state index contributed by atoms with van der Waals surface area (Å²) in [5, 5.41) is 10.5. The number of rotatable bonds is 1. The van der Waals surface area contributed by atoms with E-state index in [0.29, 0.717) is 17.5 Å². The van der Waals surface area contributed by atoms with Gasteiger partial charge in [0.25, 0.3) is 0 Å². The van der Waals surface area contributed by atoms with Crippen molar-refractivity contribution in [2.24, 2.45) is 5.92 Å². The highest BCUT2D eigenvalue weighted by Gasteiger charge is 2.27. The van der Waals surface area contributed by atoms with Crippen LogP contribution in [0.5, 0.6) is 0 Å². The lowest BCUT2D eigenvalue weighted by molar-refractivity contribution is 0.364. The van der Waals surface area contributed by atoms with Gasteiger partial charge in [0.2, 0.25) is 0 Å². The van der Waals surface area contributed by atoms with Crippen molar-refractivity contribution >= 4 is 16.6 Å². The van der Waals surface area contributed by atoms with Crippen LogP contribution in [0.2, 0.25) is 0 Å². The highest BCUT2D eigenvalue weighted by molar-refractivity contribution is 5.94. The largest absolute Gasteiger partial charge is 0.367 e. The van der Waals surface area contributed by atoms with Gasteiger partial charge < -0.3 is 4.90 Å². The maximum absolute atomic E-state index is 9.44. The molecule has 1 aromatic heterocycles. The molecule has 2 heterocycles. The zero-order valence-corrected chi connectivity index (χ0v) is 12.0. The Morgan fingerprint density at radius 1 is 1.30 bits per heavy atom. The van der Waals surface area contributed by atoms with E-state index in [2.05, 4.69) is 35.9 Å². The first-order valence-electron chi connectivity index (χ1n) is 7.27. The molecule has 0 radical (unpaired) electrons. The summed E-state index contributed by atoms with van der Waals surface area (Å²) < 4.78 is 0. The molecule has 20 heavy (non-hydrogen) atoms. The molecule has 0 saturated carbocycles. The smallest absolute Gasteiger partial charge is 0.103 e. The molecule has 3 nitrogen and oxygen atoms in total. The molecule has 102 valence electrons. The second-order valence-electron chi connectivity index (χ2n) is 5.70. The van der Waals surface area contributed by atoms with Crippen molar-refractivity contribution in [1.82, 2.24) is 4.98 Å². The van der Waals surface area contributed by atoms with Gasteiger partial charge in [-0.15, -0.1) is 0 Å². The molecule has 1 saturated heterocycles. The zero-order chi connectivity index (χ0) is 14.1. The van der Waals surface area contributed by atoms with Crippen LogP contribution in [0.15, 0.2) is 30.5 Å². The molecule has 0 spiro atoms. The first kappa shape index (κ1) is 12.9. The van der Waals surface area contributed by atoms with Gasteiger partial charge in [-0.1, -0.05) is 25.1 Å². The summed E-state index contributed by atoms with van der Waals surface area (Å²) in [4.78, 5) is 6.80. The van der Waals surface area contributed by atoms with Crippen molar-refractivity contribution in [3.8, 4) is 6.07 Å². The Kier molecular flexibility index (Phi) is 3.31. The molecular weight excluding hydrogens is 246 g/mol. The van der Waals surface area contributed by atoms with Crippen molar-refractivity contribution in [1.29, 1.82) is 5.26 Å². The van der Waals surface area contributed by atoms with Gasteiger partial charge >= 0.3 is 0 Å². The molecule has 1 aromatic carbocycles. The summed E-state index contributed by atoms with van der Waals surface area (Å²) in [5.41, 5.74) is 2.72. The Morgan fingerprint density at radius 2 is 2.10 bits per heavy atom. The number of pyridine rings is 1. The number of nitrogens with zero attached hydrogens (tertiary/aromatic N) is 3. The zero-order valence-electron chi connectivity index (χ0n) is 12.0. The van der Waals surface area contributed by atoms with E-state index >= 15 is 0 Å². The maximum atomic E-state index is 9.44.